The third kappa shape index (κ3) is 4.69. The topological polar surface area (TPSA) is 66.4 Å². The number of nitrogens with one attached hydrogen (secondary N) is 1. The van der Waals surface area contributed by atoms with E-state index in [1.54, 1.807) is 13.8 Å². The molecule has 0 bridgehead atoms. The van der Waals surface area contributed by atoms with Gasteiger partial charge in [-0.25, -0.2) is 13.1 Å². The molecule has 0 aliphatic carbocycles. The lowest BCUT2D eigenvalue weighted by molar-refractivity contribution is -0.137. The molecule has 0 saturated heterocycles. The Morgan fingerprint density at radius 3 is 2.05 bits per heavy atom. The van der Waals surface area contributed by atoms with Gasteiger partial charge in [-0.2, -0.15) is 13.2 Å². The molecular weight excluding hydrogens is 307 g/mol. The summed E-state index contributed by atoms with van der Waals surface area (Å²) in [6, 6.07) is 3.18. The molecule has 0 aliphatic rings. The highest BCUT2D eigenvalue weighted by Crippen LogP contribution is 2.29. The van der Waals surface area contributed by atoms with Crippen LogP contribution in [0, 0.1) is 5.92 Å². The number of hydrogen-bond donors (Lipinski definition) is 2. The first-order valence-corrected chi connectivity index (χ1v) is 7.74. The fourth-order valence-corrected chi connectivity index (χ4v) is 2.49. The van der Waals surface area contributed by atoms with E-state index in [9.17, 15) is 26.7 Å². The van der Waals surface area contributed by atoms with Gasteiger partial charge >= 0.3 is 6.18 Å². The molecule has 0 saturated carbocycles. The third-order valence-electron chi connectivity index (χ3n) is 3.36. The molecule has 2 N–H and O–H groups in total. The smallest absolute Gasteiger partial charge is 0.389 e. The number of rotatable bonds is 5. The van der Waals surface area contributed by atoms with Crippen molar-refractivity contribution < 1.29 is 26.7 Å². The number of halogens is 3. The van der Waals surface area contributed by atoms with E-state index in [0.717, 1.165) is 12.1 Å². The van der Waals surface area contributed by atoms with E-state index in [0.29, 0.717) is 12.1 Å². The van der Waals surface area contributed by atoms with Crippen molar-refractivity contribution in [1.82, 2.24) is 4.72 Å². The van der Waals surface area contributed by atoms with Crippen LogP contribution in [-0.2, 0) is 16.2 Å². The Balaban J connectivity index is 2.89. The summed E-state index contributed by atoms with van der Waals surface area (Å²) in [6.45, 7) is 4.71. The van der Waals surface area contributed by atoms with Crippen LogP contribution in [0.15, 0.2) is 29.2 Å². The summed E-state index contributed by atoms with van der Waals surface area (Å²) >= 11 is 0. The summed E-state index contributed by atoms with van der Waals surface area (Å²) in [4.78, 5) is -0.282. The molecule has 1 unspecified atom stereocenters. The van der Waals surface area contributed by atoms with Crippen LogP contribution >= 0.6 is 0 Å². The molecule has 1 aromatic carbocycles. The zero-order chi connectivity index (χ0) is 16.5. The summed E-state index contributed by atoms with van der Waals surface area (Å²) in [5.41, 5.74) is -2.17. The van der Waals surface area contributed by atoms with Gasteiger partial charge in [-0.3, -0.25) is 0 Å². The van der Waals surface area contributed by atoms with Gasteiger partial charge in [0.2, 0.25) is 10.0 Å². The molecule has 0 radical (unpaired) electrons. The second-order valence-corrected chi connectivity index (χ2v) is 7.13. The first-order chi connectivity index (χ1) is 9.36. The van der Waals surface area contributed by atoms with Crippen LogP contribution in [0.25, 0.3) is 0 Å². The van der Waals surface area contributed by atoms with E-state index < -0.39 is 27.4 Å². The van der Waals surface area contributed by atoms with Gasteiger partial charge in [0, 0.05) is 6.54 Å². The van der Waals surface area contributed by atoms with Gasteiger partial charge in [0.15, 0.2) is 0 Å². The second kappa shape index (κ2) is 5.94. The van der Waals surface area contributed by atoms with Gasteiger partial charge in [-0.05, 0) is 37.1 Å². The second-order valence-electron chi connectivity index (χ2n) is 5.36. The lowest BCUT2D eigenvalue weighted by atomic mass is 9.93. The minimum absolute atomic E-state index is 0.187. The average molecular weight is 325 g/mol. The molecule has 0 amide bonds. The van der Waals surface area contributed by atoms with Crippen molar-refractivity contribution in [2.75, 3.05) is 6.54 Å². The Bertz CT molecular complexity index is 578. The largest absolute Gasteiger partial charge is 0.416 e. The van der Waals surface area contributed by atoms with Crippen LogP contribution in [-0.4, -0.2) is 25.7 Å². The van der Waals surface area contributed by atoms with E-state index in [-0.39, 0.29) is 17.4 Å². The molecule has 0 heterocycles. The lowest BCUT2D eigenvalue weighted by Gasteiger charge is -2.27. The molecule has 8 heteroatoms. The predicted molar refractivity (Wildman–Crippen MR) is 72.1 cm³/mol. The van der Waals surface area contributed by atoms with Crippen LogP contribution in [0.5, 0.6) is 0 Å². The molecule has 0 aromatic heterocycles. The Morgan fingerprint density at radius 1 is 1.19 bits per heavy atom. The molecule has 0 fully saturated rings. The van der Waals surface area contributed by atoms with Crippen LogP contribution in [0.2, 0.25) is 0 Å². The number of aliphatic hydroxyl groups is 1. The molecule has 1 rings (SSSR count). The van der Waals surface area contributed by atoms with E-state index in [4.69, 9.17) is 0 Å². The fraction of sp³-hybridized carbons (Fsp3) is 0.538. The first-order valence-electron chi connectivity index (χ1n) is 6.25. The first kappa shape index (κ1) is 17.9. The zero-order valence-electron chi connectivity index (χ0n) is 11.9. The zero-order valence-corrected chi connectivity index (χ0v) is 12.7. The summed E-state index contributed by atoms with van der Waals surface area (Å²) in [6.07, 6.45) is -4.52. The summed E-state index contributed by atoms with van der Waals surface area (Å²) in [5.74, 6) is -0.187. The Hall–Kier alpha value is -1.12. The quantitative estimate of drug-likeness (QED) is 0.873. The van der Waals surface area contributed by atoms with Crippen molar-refractivity contribution in [3.8, 4) is 0 Å². The van der Waals surface area contributed by atoms with Crippen LogP contribution in [0.1, 0.15) is 26.3 Å². The molecule has 0 spiro atoms. The minimum atomic E-state index is -4.52. The number of benzene rings is 1. The van der Waals surface area contributed by atoms with Crippen molar-refractivity contribution in [2.45, 2.75) is 37.4 Å². The summed E-state index contributed by atoms with van der Waals surface area (Å²) in [7, 11) is -3.97. The molecule has 21 heavy (non-hydrogen) atoms. The van der Waals surface area contributed by atoms with Crippen molar-refractivity contribution in [2.24, 2.45) is 5.92 Å². The molecule has 1 aromatic rings. The lowest BCUT2D eigenvalue weighted by Crippen LogP contribution is -2.44. The van der Waals surface area contributed by atoms with Crippen molar-refractivity contribution >= 4 is 10.0 Å². The van der Waals surface area contributed by atoms with Crippen LogP contribution < -0.4 is 4.72 Å². The maximum atomic E-state index is 12.4. The molecule has 120 valence electrons. The van der Waals surface area contributed by atoms with Crippen molar-refractivity contribution in [3.63, 3.8) is 0 Å². The SMILES string of the molecule is CC(C)C(C)(O)CNS(=O)(=O)c1ccc(C(F)(F)F)cc1. The Morgan fingerprint density at radius 2 is 1.67 bits per heavy atom. The van der Waals surface area contributed by atoms with Gasteiger partial charge in [0.05, 0.1) is 16.1 Å². The average Bonchev–Trinajstić information content (AvgIpc) is 2.36. The normalized spacial score (nSPS) is 16.0. The van der Waals surface area contributed by atoms with Crippen LogP contribution in [0.3, 0.4) is 0 Å². The molecule has 0 aliphatic heterocycles. The third-order valence-corrected chi connectivity index (χ3v) is 4.77. The minimum Gasteiger partial charge on any atom is -0.389 e. The molecule has 4 nitrogen and oxygen atoms in total. The monoisotopic (exact) mass is 325 g/mol. The van der Waals surface area contributed by atoms with Crippen molar-refractivity contribution in [1.29, 1.82) is 0 Å². The number of alkyl halides is 3. The maximum absolute atomic E-state index is 12.4. The van der Waals surface area contributed by atoms with Gasteiger partial charge < -0.3 is 5.11 Å². The van der Waals surface area contributed by atoms with E-state index in [1.807, 2.05) is 0 Å². The summed E-state index contributed by atoms with van der Waals surface area (Å²) in [5, 5.41) is 9.98. The summed E-state index contributed by atoms with van der Waals surface area (Å²) < 4.78 is 63.3. The van der Waals surface area contributed by atoms with Gasteiger partial charge in [0.1, 0.15) is 0 Å². The van der Waals surface area contributed by atoms with Gasteiger partial charge in [-0.1, -0.05) is 13.8 Å². The number of sulfonamides is 1. The van der Waals surface area contributed by atoms with E-state index >= 15 is 0 Å². The van der Waals surface area contributed by atoms with Crippen LogP contribution in [0.4, 0.5) is 13.2 Å². The number of hydrogen-bond acceptors (Lipinski definition) is 3. The highest BCUT2D eigenvalue weighted by molar-refractivity contribution is 7.89. The van der Waals surface area contributed by atoms with E-state index in [2.05, 4.69) is 4.72 Å². The fourth-order valence-electron chi connectivity index (χ4n) is 1.35. The molecule has 1 atom stereocenters. The van der Waals surface area contributed by atoms with E-state index in [1.165, 1.54) is 6.92 Å². The predicted octanol–water partition coefficient (Wildman–Crippen LogP) is 2.39. The molecular formula is C13H18F3NO3S. The van der Waals surface area contributed by atoms with Gasteiger partial charge in [0.25, 0.3) is 0 Å². The highest BCUT2D eigenvalue weighted by Gasteiger charge is 2.31. The highest BCUT2D eigenvalue weighted by atomic mass is 32.2. The van der Waals surface area contributed by atoms with Gasteiger partial charge in [-0.15, -0.1) is 0 Å². The standard InChI is InChI=1S/C13H18F3NO3S/c1-9(2)12(3,18)8-17-21(19,20)11-6-4-10(5-7-11)13(14,15)16/h4-7,9,17-18H,8H2,1-3H3. The Labute approximate surface area is 122 Å². The Kier molecular flexibility index (Phi) is 5.07. The van der Waals surface area contributed by atoms with Crippen molar-refractivity contribution in [3.05, 3.63) is 29.8 Å². The maximum Gasteiger partial charge on any atom is 0.416 e.